The molecule has 0 atom stereocenters. The van der Waals surface area contributed by atoms with Crippen molar-refractivity contribution in [2.24, 2.45) is 5.73 Å². The fraction of sp³-hybridized carbons (Fsp3) is 0.429. The minimum absolute atomic E-state index is 0.0535. The summed E-state index contributed by atoms with van der Waals surface area (Å²) in [7, 11) is 0. The van der Waals surface area contributed by atoms with Gasteiger partial charge >= 0.3 is 0 Å². The third-order valence-electron chi connectivity index (χ3n) is 3.56. The maximum absolute atomic E-state index is 12.1. The Morgan fingerprint density at radius 2 is 1.65 bits per heavy atom. The first kappa shape index (κ1) is 14.2. The molecule has 0 saturated heterocycles. The molecular formula is C14H18N2O4. The highest BCUT2D eigenvalue weighted by molar-refractivity contribution is 6.02. The lowest BCUT2D eigenvalue weighted by Gasteiger charge is -2.23. The highest BCUT2D eigenvalue weighted by Crippen LogP contribution is 2.27. The molecule has 0 radical (unpaired) electrons. The van der Waals surface area contributed by atoms with Gasteiger partial charge in [-0.05, 0) is 18.9 Å². The summed E-state index contributed by atoms with van der Waals surface area (Å²) in [5.41, 5.74) is 4.87. The quantitative estimate of drug-likeness (QED) is 0.666. The summed E-state index contributed by atoms with van der Waals surface area (Å²) in [6, 6.07) is 2.16. The fourth-order valence-corrected chi connectivity index (χ4v) is 2.47. The van der Waals surface area contributed by atoms with E-state index in [0.29, 0.717) is 0 Å². The van der Waals surface area contributed by atoms with Crippen molar-refractivity contribution in [1.82, 2.24) is 5.32 Å². The first-order valence-electron chi connectivity index (χ1n) is 6.65. The SMILES string of the molecule is NC(=O)c1cc(C(=O)NC2CCCCC2)c(O)cc1O. The van der Waals surface area contributed by atoms with Crippen LogP contribution < -0.4 is 11.1 Å². The molecule has 1 aliphatic rings. The number of carbonyl (C=O) groups is 2. The molecule has 2 amide bonds. The number of rotatable bonds is 3. The van der Waals surface area contributed by atoms with Crippen molar-refractivity contribution < 1.29 is 19.8 Å². The van der Waals surface area contributed by atoms with Crippen LogP contribution in [0.15, 0.2) is 12.1 Å². The zero-order valence-electron chi connectivity index (χ0n) is 11.1. The van der Waals surface area contributed by atoms with Gasteiger partial charge in [-0.15, -0.1) is 0 Å². The van der Waals surface area contributed by atoms with Crippen molar-refractivity contribution in [1.29, 1.82) is 0 Å². The molecule has 1 saturated carbocycles. The van der Waals surface area contributed by atoms with E-state index in [2.05, 4.69) is 5.32 Å². The second-order valence-electron chi connectivity index (χ2n) is 5.06. The molecule has 1 aliphatic carbocycles. The maximum Gasteiger partial charge on any atom is 0.255 e. The Balaban J connectivity index is 2.20. The van der Waals surface area contributed by atoms with Crippen molar-refractivity contribution in [3.05, 3.63) is 23.3 Å². The Labute approximate surface area is 116 Å². The molecule has 5 N–H and O–H groups in total. The monoisotopic (exact) mass is 278 g/mol. The third-order valence-corrected chi connectivity index (χ3v) is 3.56. The number of nitrogens with one attached hydrogen (secondary N) is 1. The van der Waals surface area contributed by atoms with E-state index in [1.54, 1.807) is 0 Å². The van der Waals surface area contributed by atoms with Crippen LogP contribution in [-0.4, -0.2) is 28.1 Å². The Hall–Kier alpha value is -2.24. The third kappa shape index (κ3) is 3.01. The average Bonchev–Trinajstić information content (AvgIpc) is 2.39. The van der Waals surface area contributed by atoms with Gasteiger partial charge in [-0.1, -0.05) is 19.3 Å². The van der Waals surface area contributed by atoms with E-state index < -0.39 is 17.6 Å². The van der Waals surface area contributed by atoms with Crippen molar-refractivity contribution in [2.75, 3.05) is 0 Å². The molecular weight excluding hydrogens is 260 g/mol. The smallest absolute Gasteiger partial charge is 0.255 e. The second kappa shape index (κ2) is 5.81. The van der Waals surface area contributed by atoms with Crippen molar-refractivity contribution in [2.45, 2.75) is 38.1 Å². The molecule has 20 heavy (non-hydrogen) atoms. The molecule has 108 valence electrons. The molecule has 6 nitrogen and oxygen atoms in total. The summed E-state index contributed by atoms with van der Waals surface area (Å²) < 4.78 is 0. The number of phenolic OH excluding ortho intramolecular Hbond substituents is 1. The van der Waals surface area contributed by atoms with Crippen molar-refractivity contribution in [3.63, 3.8) is 0 Å². The second-order valence-corrected chi connectivity index (χ2v) is 5.06. The van der Waals surface area contributed by atoms with E-state index >= 15 is 0 Å². The first-order valence-corrected chi connectivity index (χ1v) is 6.65. The van der Waals surface area contributed by atoms with Crippen molar-refractivity contribution in [3.8, 4) is 11.5 Å². The van der Waals surface area contributed by atoms with Gasteiger partial charge in [-0.3, -0.25) is 9.59 Å². The van der Waals surface area contributed by atoms with Gasteiger partial charge in [0.1, 0.15) is 11.5 Å². The lowest BCUT2D eigenvalue weighted by atomic mass is 9.95. The number of carbonyl (C=O) groups excluding carboxylic acids is 2. The Kier molecular flexibility index (Phi) is 4.12. The summed E-state index contributed by atoms with van der Waals surface area (Å²) in [6.45, 7) is 0. The van der Waals surface area contributed by atoms with E-state index in [-0.39, 0.29) is 22.9 Å². The summed E-state index contributed by atoms with van der Waals surface area (Å²) in [5, 5.41) is 22.1. The van der Waals surface area contributed by atoms with Crippen LogP contribution in [0.4, 0.5) is 0 Å². The number of nitrogens with two attached hydrogens (primary N) is 1. The number of aromatic hydroxyl groups is 2. The highest BCUT2D eigenvalue weighted by Gasteiger charge is 2.21. The van der Waals surface area contributed by atoms with E-state index in [9.17, 15) is 19.8 Å². The first-order chi connectivity index (χ1) is 9.49. The van der Waals surface area contributed by atoms with Crippen LogP contribution in [-0.2, 0) is 0 Å². The number of phenols is 2. The Morgan fingerprint density at radius 1 is 1.05 bits per heavy atom. The molecule has 0 spiro atoms. The summed E-state index contributed by atoms with van der Waals surface area (Å²) in [6.07, 6.45) is 5.13. The predicted molar refractivity (Wildman–Crippen MR) is 72.6 cm³/mol. The van der Waals surface area contributed by atoms with Gasteiger partial charge in [0.05, 0.1) is 11.1 Å². The lowest BCUT2D eigenvalue weighted by Crippen LogP contribution is -2.36. The molecule has 0 aliphatic heterocycles. The van der Waals surface area contributed by atoms with Crippen LogP contribution in [0.3, 0.4) is 0 Å². The molecule has 1 fully saturated rings. The molecule has 0 bridgehead atoms. The van der Waals surface area contributed by atoms with Gasteiger partial charge in [-0.25, -0.2) is 0 Å². The van der Waals surface area contributed by atoms with Crippen LogP contribution in [0.5, 0.6) is 11.5 Å². The fourth-order valence-electron chi connectivity index (χ4n) is 2.47. The number of amides is 2. The highest BCUT2D eigenvalue weighted by atomic mass is 16.3. The van der Waals surface area contributed by atoms with Gasteiger partial charge in [0.2, 0.25) is 0 Å². The van der Waals surface area contributed by atoms with Crippen LogP contribution in [0.25, 0.3) is 0 Å². The van der Waals surface area contributed by atoms with Gasteiger partial charge in [0, 0.05) is 12.1 Å². The Bertz CT molecular complexity index is 536. The van der Waals surface area contributed by atoms with E-state index in [4.69, 9.17) is 5.73 Å². The average molecular weight is 278 g/mol. The van der Waals surface area contributed by atoms with Gasteiger partial charge in [0.15, 0.2) is 0 Å². The topological polar surface area (TPSA) is 113 Å². The zero-order chi connectivity index (χ0) is 14.7. The van der Waals surface area contributed by atoms with Crippen LogP contribution >= 0.6 is 0 Å². The van der Waals surface area contributed by atoms with E-state index in [1.807, 2.05) is 0 Å². The predicted octanol–water partition coefficient (Wildman–Crippen LogP) is 1.26. The Morgan fingerprint density at radius 3 is 2.25 bits per heavy atom. The molecule has 6 heteroatoms. The maximum atomic E-state index is 12.1. The number of hydrogen-bond acceptors (Lipinski definition) is 4. The summed E-state index contributed by atoms with van der Waals surface area (Å²) >= 11 is 0. The zero-order valence-corrected chi connectivity index (χ0v) is 11.1. The van der Waals surface area contributed by atoms with Gasteiger partial charge in [0.25, 0.3) is 11.8 Å². The van der Waals surface area contributed by atoms with Gasteiger partial charge < -0.3 is 21.3 Å². The minimum Gasteiger partial charge on any atom is -0.507 e. The molecule has 0 unspecified atom stereocenters. The molecule has 0 aromatic heterocycles. The molecule has 1 aromatic rings. The molecule has 1 aromatic carbocycles. The van der Waals surface area contributed by atoms with Crippen LogP contribution in [0.2, 0.25) is 0 Å². The van der Waals surface area contributed by atoms with Gasteiger partial charge in [-0.2, -0.15) is 0 Å². The standard InChI is InChI=1S/C14H18N2O4/c15-13(19)9-6-10(12(18)7-11(9)17)14(20)16-8-4-2-1-3-5-8/h6-8,17-18H,1-5H2,(H2,15,19)(H,16,20). The lowest BCUT2D eigenvalue weighted by molar-refractivity contribution is 0.0925. The van der Waals surface area contributed by atoms with Crippen molar-refractivity contribution >= 4 is 11.8 Å². The number of primary amides is 1. The van der Waals surface area contributed by atoms with Crippen LogP contribution in [0, 0.1) is 0 Å². The minimum atomic E-state index is -0.853. The summed E-state index contributed by atoms with van der Waals surface area (Å²) in [4.78, 5) is 23.3. The van der Waals surface area contributed by atoms with E-state index in [1.165, 1.54) is 6.42 Å². The number of hydrogen-bond donors (Lipinski definition) is 4. The molecule has 0 heterocycles. The largest absolute Gasteiger partial charge is 0.507 e. The molecule has 2 rings (SSSR count). The van der Waals surface area contributed by atoms with E-state index in [0.717, 1.165) is 37.8 Å². The normalized spacial score (nSPS) is 15.8. The number of benzene rings is 1. The summed E-state index contributed by atoms with van der Waals surface area (Å²) in [5.74, 6) is -2.13. The van der Waals surface area contributed by atoms with Crippen LogP contribution in [0.1, 0.15) is 52.8 Å².